The van der Waals surface area contributed by atoms with E-state index in [4.69, 9.17) is 16.6 Å². The quantitative estimate of drug-likeness (QED) is 0.614. The molecule has 0 saturated carbocycles. The number of carbonyl (C=O) groups is 1. The van der Waals surface area contributed by atoms with Crippen molar-refractivity contribution in [1.82, 2.24) is 15.0 Å². The molecule has 4 rings (SSSR count). The van der Waals surface area contributed by atoms with E-state index in [0.717, 1.165) is 36.5 Å². The largest absolute Gasteiger partial charge is 0.366 e. The molecular formula is C20H20ClN7O. The summed E-state index contributed by atoms with van der Waals surface area (Å²) in [6.45, 7) is 7.00. The number of aromatic nitrogens is 3. The van der Waals surface area contributed by atoms with Crippen LogP contribution in [0.4, 0.5) is 22.1 Å². The first-order valence-corrected chi connectivity index (χ1v) is 9.57. The summed E-state index contributed by atoms with van der Waals surface area (Å²) in [6, 6.07) is 3.73. The molecule has 0 radical (unpaired) electrons. The van der Waals surface area contributed by atoms with Gasteiger partial charge in [0.05, 0.1) is 28.7 Å². The average Bonchev–Trinajstić information content (AvgIpc) is 3.13. The van der Waals surface area contributed by atoms with Gasteiger partial charge in [0.2, 0.25) is 0 Å². The number of anilines is 3. The number of amides is 2. The average molecular weight is 410 g/mol. The zero-order chi connectivity index (χ0) is 20.4. The molecule has 148 valence electrons. The second-order valence-electron chi connectivity index (χ2n) is 6.84. The topological polar surface area (TPSA) is 86.6 Å². The van der Waals surface area contributed by atoms with Crippen LogP contribution in [0.15, 0.2) is 53.0 Å². The summed E-state index contributed by atoms with van der Waals surface area (Å²) in [4.78, 5) is 33.7. The highest BCUT2D eigenvalue weighted by Crippen LogP contribution is 2.39. The Bertz CT molecular complexity index is 1010. The molecule has 1 saturated heterocycles. The second kappa shape index (κ2) is 8.00. The number of carbonyl (C=O) groups excluding carboxylic acids is 1. The number of allylic oxidation sites excluding steroid dienone is 3. The molecule has 1 fully saturated rings. The first kappa shape index (κ1) is 19.1. The van der Waals surface area contributed by atoms with Gasteiger partial charge in [0.1, 0.15) is 0 Å². The van der Waals surface area contributed by atoms with Gasteiger partial charge in [-0.3, -0.25) is 20.2 Å². The number of halogens is 1. The Morgan fingerprint density at radius 2 is 2.28 bits per heavy atom. The molecule has 2 aromatic heterocycles. The maximum Gasteiger partial charge on any atom is 0.329 e. The first-order chi connectivity index (χ1) is 14.1. The van der Waals surface area contributed by atoms with Crippen LogP contribution in [0.2, 0.25) is 0 Å². The predicted molar refractivity (Wildman–Crippen MR) is 116 cm³/mol. The SMILES string of the molecule is C=N/C=C(Cl)\C=C(/C)c1ccc2c(n1)N(C(=O)Nc1cnccn1)[C@H]1CCN2C1. The molecule has 0 unspecified atom stereocenters. The number of hydrogen-bond donors (Lipinski definition) is 1. The number of hydrogen-bond acceptors (Lipinski definition) is 6. The number of fused-ring (bicyclic) bond motifs is 4. The third kappa shape index (κ3) is 3.84. The molecule has 29 heavy (non-hydrogen) atoms. The van der Waals surface area contributed by atoms with E-state index in [0.29, 0.717) is 16.7 Å². The minimum absolute atomic E-state index is 0.0552. The van der Waals surface area contributed by atoms with Crippen molar-refractivity contribution in [1.29, 1.82) is 0 Å². The van der Waals surface area contributed by atoms with Gasteiger partial charge >= 0.3 is 6.03 Å². The molecule has 2 amide bonds. The highest BCUT2D eigenvalue weighted by Gasteiger charge is 2.40. The zero-order valence-electron chi connectivity index (χ0n) is 15.9. The second-order valence-corrected chi connectivity index (χ2v) is 7.28. The third-order valence-corrected chi connectivity index (χ3v) is 5.15. The number of pyridine rings is 1. The highest BCUT2D eigenvalue weighted by atomic mass is 35.5. The third-order valence-electron chi connectivity index (χ3n) is 4.94. The number of aliphatic imine (C=N–C) groups is 1. The Hall–Kier alpha value is -3.26. The maximum absolute atomic E-state index is 13.1. The molecule has 8 nitrogen and oxygen atoms in total. The van der Waals surface area contributed by atoms with Crippen LogP contribution in [-0.4, -0.2) is 46.8 Å². The lowest BCUT2D eigenvalue weighted by Crippen LogP contribution is -2.48. The number of rotatable bonds is 4. The van der Waals surface area contributed by atoms with Crippen molar-refractivity contribution in [3.05, 3.63) is 53.7 Å². The Morgan fingerprint density at radius 3 is 3.03 bits per heavy atom. The summed E-state index contributed by atoms with van der Waals surface area (Å²) < 4.78 is 0. The van der Waals surface area contributed by atoms with Crippen molar-refractivity contribution < 1.29 is 4.79 Å². The minimum Gasteiger partial charge on any atom is -0.366 e. The van der Waals surface area contributed by atoms with Crippen LogP contribution in [0.3, 0.4) is 0 Å². The maximum atomic E-state index is 13.1. The van der Waals surface area contributed by atoms with Crippen LogP contribution in [-0.2, 0) is 0 Å². The summed E-state index contributed by atoms with van der Waals surface area (Å²) in [5.41, 5.74) is 2.54. The standard InChI is InChI=1S/C20H20ClN7O/c1-13(9-14(21)10-22-2)16-3-4-17-19(25-16)28(15-5-8-27(17)12-15)20(29)26-18-11-23-6-7-24-18/h3-4,6-7,9-11,15H,2,5,8,12H2,1H3,(H,24,26,29)/b13-9+,14-10+/t15-/m0/s1. The van der Waals surface area contributed by atoms with Crippen LogP contribution in [0.25, 0.3) is 5.57 Å². The van der Waals surface area contributed by atoms with Crippen LogP contribution < -0.4 is 15.1 Å². The van der Waals surface area contributed by atoms with E-state index in [1.54, 1.807) is 17.2 Å². The number of nitrogens with one attached hydrogen (secondary N) is 1. The van der Waals surface area contributed by atoms with E-state index >= 15 is 0 Å². The van der Waals surface area contributed by atoms with Gasteiger partial charge < -0.3 is 4.90 Å². The van der Waals surface area contributed by atoms with E-state index in [2.05, 4.69) is 31.9 Å². The van der Waals surface area contributed by atoms with Crippen molar-refractivity contribution in [3.63, 3.8) is 0 Å². The molecule has 0 spiro atoms. The van der Waals surface area contributed by atoms with Gasteiger partial charge in [0.25, 0.3) is 0 Å². The Morgan fingerprint density at radius 1 is 1.41 bits per heavy atom. The van der Waals surface area contributed by atoms with Gasteiger partial charge in [0.15, 0.2) is 11.6 Å². The van der Waals surface area contributed by atoms with Gasteiger partial charge in [-0.2, -0.15) is 0 Å². The molecule has 4 heterocycles. The lowest BCUT2D eigenvalue weighted by atomic mass is 10.1. The van der Waals surface area contributed by atoms with E-state index in [9.17, 15) is 4.79 Å². The Balaban J connectivity index is 1.69. The fraction of sp³-hybridized carbons (Fsp3) is 0.250. The lowest BCUT2D eigenvalue weighted by molar-refractivity contribution is 0.254. The molecule has 0 aliphatic carbocycles. The zero-order valence-corrected chi connectivity index (χ0v) is 16.7. The van der Waals surface area contributed by atoms with E-state index in [-0.39, 0.29) is 12.1 Å². The number of nitrogens with zero attached hydrogens (tertiary/aromatic N) is 6. The molecule has 1 N–H and O–H groups in total. The minimum atomic E-state index is -0.265. The molecular weight excluding hydrogens is 390 g/mol. The van der Waals surface area contributed by atoms with Crippen molar-refractivity contribution >= 4 is 47.2 Å². The lowest BCUT2D eigenvalue weighted by Gasteiger charge is -2.35. The van der Waals surface area contributed by atoms with Crippen LogP contribution in [0.1, 0.15) is 19.0 Å². The first-order valence-electron chi connectivity index (χ1n) is 9.19. The molecule has 2 aliphatic heterocycles. The molecule has 2 aliphatic rings. The van der Waals surface area contributed by atoms with E-state index in [1.807, 2.05) is 19.1 Å². The fourth-order valence-corrected chi connectivity index (χ4v) is 3.86. The Kier molecular flexibility index (Phi) is 5.26. The summed E-state index contributed by atoms with van der Waals surface area (Å²) >= 11 is 6.12. The smallest absolute Gasteiger partial charge is 0.329 e. The van der Waals surface area contributed by atoms with Crippen molar-refractivity contribution in [3.8, 4) is 0 Å². The molecule has 1 atom stereocenters. The monoisotopic (exact) mass is 409 g/mol. The molecule has 2 bridgehead atoms. The van der Waals surface area contributed by atoms with Crippen molar-refractivity contribution in [2.45, 2.75) is 19.4 Å². The number of urea groups is 1. The van der Waals surface area contributed by atoms with E-state index in [1.165, 1.54) is 18.6 Å². The van der Waals surface area contributed by atoms with Crippen LogP contribution >= 0.6 is 11.6 Å². The van der Waals surface area contributed by atoms with Crippen LogP contribution in [0.5, 0.6) is 0 Å². The van der Waals surface area contributed by atoms with Gasteiger partial charge in [0, 0.05) is 31.7 Å². The van der Waals surface area contributed by atoms with Gasteiger partial charge in [-0.25, -0.2) is 14.8 Å². The van der Waals surface area contributed by atoms with Crippen LogP contribution in [0, 0.1) is 0 Å². The highest BCUT2D eigenvalue weighted by molar-refractivity contribution is 6.31. The van der Waals surface area contributed by atoms with Gasteiger partial charge in [-0.15, -0.1) is 0 Å². The predicted octanol–water partition coefficient (Wildman–Crippen LogP) is 3.69. The van der Waals surface area contributed by atoms with Gasteiger partial charge in [-0.1, -0.05) is 11.6 Å². The van der Waals surface area contributed by atoms with E-state index < -0.39 is 0 Å². The van der Waals surface area contributed by atoms with Crippen molar-refractivity contribution in [2.75, 3.05) is 28.2 Å². The fourth-order valence-electron chi connectivity index (χ4n) is 3.63. The molecule has 2 aromatic rings. The molecule has 0 aromatic carbocycles. The Labute approximate surface area is 173 Å². The summed E-state index contributed by atoms with van der Waals surface area (Å²) in [6.07, 6.45) is 8.74. The normalized spacial score (nSPS) is 18.5. The summed E-state index contributed by atoms with van der Waals surface area (Å²) in [5, 5.41) is 3.28. The molecule has 9 heteroatoms. The van der Waals surface area contributed by atoms with Gasteiger partial charge in [-0.05, 0) is 43.8 Å². The summed E-state index contributed by atoms with van der Waals surface area (Å²) in [7, 11) is 0. The summed E-state index contributed by atoms with van der Waals surface area (Å²) in [5.74, 6) is 1.04. The van der Waals surface area contributed by atoms with Crippen molar-refractivity contribution in [2.24, 2.45) is 4.99 Å².